The highest BCUT2D eigenvalue weighted by Gasteiger charge is 2.71. The Balaban J connectivity index is 1.39. The van der Waals surface area contributed by atoms with Gasteiger partial charge in [-0.1, -0.05) is 48.5 Å². The molecule has 1 aromatic rings. The van der Waals surface area contributed by atoms with Gasteiger partial charge in [0.1, 0.15) is 6.10 Å². The van der Waals surface area contributed by atoms with Crippen LogP contribution in [0.1, 0.15) is 113 Å². The van der Waals surface area contributed by atoms with Crippen molar-refractivity contribution in [2.45, 2.75) is 119 Å². The van der Waals surface area contributed by atoms with Gasteiger partial charge < -0.3 is 10.1 Å². The minimum absolute atomic E-state index is 0.0167. The molecule has 0 bridgehead atoms. The minimum Gasteiger partial charge on any atom is -0.462 e. The Labute approximate surface area is 257 Å². The molecule has 2 unspecified atom stereocenters. The van der Waals surface area contributed by atoms with E-state index in [4.69, 9.17) is 4.74 Å². The molecule has 0 radical (unpaired) electrons. The summed E-state index contributed by atoms with van der Waals surface area (Å²) in [5.74, 6) is 1.61. The number of anilines is 1. The lowest BCUT2D eigenvalue weighted by molar-refractivity contribution is -0.232. The van der Waals surface area contributed by atoms with Crippen molar-refractivity contribution in [3.8, 4) is 0 Å². The third-order valence-corrected chi connectivity index (χ3v) is 13.9. The Morgan fingerprint density at radius 2 is 1.67 bits per heavy atom. The highest BCUT2D eigenvalue weighted by Crippen LogP contribution is 2.76. The van der Waals surface area contributed by atoms with E-state index < -0.39 is 5.41 Å². The number of carbonyl (C=O) groups excluding carboxylic acids is 3. The predicted molar refractivity (Wildman–Crippen MR) is 166 cm³/mol. The molecule has 0 aromatic carbocycles. The number of Topliss-reactive ketones (excluding diaryl/α,β-unsaturated/α-hetero) is 1. The molecule has 1 N–H and O–H groups in total. The van der Waals surface area contributed by atoms with Crippen LogP contribution in [0.5, 0.6) is 0 Å². The third kappa shape index (κ3) is 4.15. The molecular formula is C36H51N3O4. The number of hydrogen-bond donors (Lipinski definition) is 1. The van der Waals surface area contributed by atoms with Crippen LogP contribution >= 0.6 is 0 Å². The topological polar surface area (TPSA) is 98.2 Å². The fraction of sp³-hybridized carbons (Fsp3) is 0.750. The largest absolute Gasteiger partial charge is 0.462 e. The Kier molecular flexibility index (Phi) is 7.06. The number of nitrogens with one attached hydrogen (secondary N) is 1. The van der Waals surface area contributed by atoms with Crippen LogP contribution in [0.25, 0.3) is 0 Å². The number of fused-ring (bicyclic) bond motifs is 7. The van der Waals surface area contributed by atoms with Crippen molar-refractivity contribution in [1.29, 1.82) is 0 Å². The van der Waals surface area contributed by atoms with E-state index >= 15 is 0 Å². The summed E-state index contributed by atoms with van der Waals surface area (Å²) in [5, 5.41) is 3.06. The molecule has 234 valence electrons. The number of hydrogen-bond acceptors (Lipinski definition) is 6. The molecule has 0 aliphatic heterocycles. The second kappa shape index (κ2) is 9.97. The van der Waals surface area contributed by atoms with E-state index in [0.29, 0.717) is 24.1 Å². The summed E-state index contributed by atoms with van der Waals surface area (Å²) in [7, 11) is 0. The number of allylic oxidation sites excluding steroid dienone is 1. The number of ether oxygens (including phenoxy) is 1. The SMILES string of the molecule is CC(=O)O[C@H]1CC[C@@]2(C)C(CC[C@]3(C)C2CC[C@@H]2C4=C(C(C)C)C(=O)C[C@]4(C(=O)Nc4cnccn4)CC[C@]23C)C1(C)C. The van der Waals surface area contributed by atoms with Crippen molar-refractivity contribution in [2.24, 2.45) is 50.7 Å². The molecule has 7 heteroatoms. The minimum atomic E-state index is -0.813. The first kappa shape index (κ1) is 30.5. The van der Waals surface area contributed by atoms with E-state index in [1.54, 1.807) is 18.6 Å². The maximum Gasteiger partial charge on any atom is 0.302 e. The fourth-order valence-electron chi connectivity index (χ4n) is 11.9. The first-order valence-electron chi connectivity index (χ1n) is 16.6. The average Bonchev–Trinajstić information content (AvgIpc) is 3.24. The Hall–Kier alpha value is -2.57. The van der Waals surface area contributed by atoms with Gasteiger partial charge in [0.25, 0.3) is 0 Å². The molecular weight excluding hydrogens is 538 g/mol. The molecule has 0 spiro atoms. The summed E-state index contributed by atoms with van der Waals surface area (Å²) in [5.41, 5.74) is 1.38. The zero-order chi connectivity index (χ0) is 31.2. The molecule has 4 saturated carbocycles. The number of carbonyl (C=O) groups is 3. The van der Waals surface area contributed by atoms with Crippen molar-refractivity contribution in [1.82, 2.24) is 9.97 Å². The van der Waals surface area contributed by atoms with E-state index in [2.05, 4.69) is 63.8 Å². The van der Waals surface area contributed by atoms with Crippen molar-refractivity contribution < 1.29 is 19.1 Å². The van der Waals surface area contributed by atoms with Gasteiger partial charge in [0.2, 0.25) is 5.91 Å². The van der Waals surface area contributed by atoms with Crippen LogP contribution in [0.3, 0.4) is 0 Å². The highest BCUT2D eigenvalue weighted by molar-refractivity contribution is 6.09. The molecule has 8 atom stereocenters. The van der Waals surface area contributed by atoms with Crippen molar-refractivity contribution in [3.05, 3.63) is 29.7 Å². The molecule has 1 aromatic heterocycles. The predicted octanol–water partition coefficient (Wildman–Crippen LogP) is 7.33. The molecule has 0 saturated heterocycles. The Morgan fingerprint density at radius 1 is 0.930 bits per heavy atom. The lowest BCUT2D eigenvalue weighted by Gasteiger charge is -2.72. The van der Waals surface area contributed by atoms with Crippen molar-refractivity contribution >= 4 is 23.5 Å². The number of aromatic nitrogens is 2. The van der Waals surface area contributed by atoms with Crippen LogP contribution in [-0.4, -0.2) is 33.7 Å². The lowest BCUT2D eigenvalue weighted by atomic mass is 9.33. The number of ketones is 1. The molecule has 6 rings (SSSR count). The van der Waals surface area contributed by atoms with E-state index in [1.807, 2.05) is 0 Å². The maximum absolute atomic E-state index is 14.2. The summed E-state index contributed by atoms with van der Waals surface area (Å²) < 4.78 is 5.91. The van der Waals surface area contributed by atoms with E-state index in [0.717, 1.165) is 56.1 Å². The van der Waals surface area contributed by atoms with E-state index in [9.17, 15) is 14.4 Å². The molecule has 1 amide bonds. The summed E-state index contributed by atoms with van der Waals surface area (Å²) in [4.78, 5) is 48.5. The van der Waals surface area contributed by atoms with Crippen molar-refractivity contribution in [2.75, 3.05) is 5.32 Å². The van der Waals surface area contributed by atoms with Gasteiger partial charge in [-0.05, 0) is 102 Å². The van der Waals surface area contributed by atoms with Gasteiger partial charge in [-0.2, -0.15) is 0 Å². The number of esters is 1. The molecule has 1 heterocycles. The molecule has 4 fully saturated rings. The number of nitrogens with zero attached hydrogens (tertiary/aromatic N) is 2. The molecule has 5 aliphatic rings. The Morgan fingerprint density at radius 3 is 2.33 bits per heavy atom. The zero-order valence-corrected chi connectivity index (χ0v) is 27.5. The van der Waals surface area contributed by atoms with Crippen LogP contribution in [0.15, 0.2) is 29.7 Å². The van der Waals surface area contributed by atoms with Gasteiger partial charge in [0.15, 0.2) is 11.6 Å². The second-order valence-electron chi connectivity index (χ2n) is 16.3. The quantitative estimate of drug-likeness (QED) is 0.369. The summed E-state index contributed by atoms with van der Waals surface area (Å²) >= 11 is 0. The summed E-state index contributed by atoms with van der Waals surface area (Å²) in [6.45, 7) is 18.0. The Bertz CT molecular complexity index is 1370. The summed E-state index contributed by atoms with van der Waals surface area (Å²) in [6.07, 6.45) is 12.9. The van der Waals surface area contributed by atoms with Crippen LogP contribution in [0.2, 0.25) is 0 Å². The van der Waals surface area contributed by atoms with E-state index in [-0.39, 0.29) is 63.7 Å². The highest BCUT2D eigenvalue weighted by atomic mass is 16.5. The lowest BCUT2D eigenvalue weighted by Crippen LogP contribution is -2.66. The first-order valence-corrected chi connectivity index (χ1v) is 16.6. The maximum atomic E-state index is 14.2. The molecule has 43 heavy (non-hydrogen) atoms. The number of rotatable bonds is 4. The molecule has 5 aliphatic carbocycles. The monoisotopic (exact) mass is 589 g/mol. The number of amides is 1. The van der Waals surface area contributed by atoms with Crippen LogP contribution in [0, 0.1) is 50.7 Å². The zero-order valence-electron chi connectivity index (χ0n) is 27.5. The van der Waals surface area contributed by atoms with Gasteiger partial charge in [0.05, 0.1) is 11.6 Å². The van der Waals surface area contributed by atoms with Gasteiger partial charge in [-0.3, -0.25) is 19.4 Å². The van der Waals surface area contributed by atoms with Gasteiger partial charge in [-0.25, -0.2) is 4.98 Å². The van der Waals surface area contributed by atoms with Crippen molar-refractivity contribution in [3.63, 3.8) is 0 Å². The second-order valence-corrected chi connectivity index (χ2v) is 16.3. The van der Waals surface area contributed by atoms with E-state index in [1.165, 1.54) is 6.92 Å². The fourth-order valence-corrected chi connectivity index (χ4v) is 11.9. The van der Waals surface area contributed by atoms with Gasteiger partial charge in [-0.15, -0.1) is 0 Å². The van der Waals surface area contributed by atoms with Gasteiger partial charge >= 0.3 is 5.97 Å². The van der Waals surface area contributed by atoms with Crippen LogP contribution < -0.4 is 5.32 Å². The van der Waals surface area contributed by atoms with Crippen LogP contribution in [0.4, 0.5) is 5.82 Å². The third-order valence-electron chi connectivity index (χ3n) is 13.9. The standard InChI is InChI=1S/C36H51N3O4/c1-21(2)29-24(41)19-36(31(42)39-28-20-37-17-18-38-28)16-15-34(7)23(30(29)36)9-10-26-33(6)13-12-27(43-22(3)40)32(4,5)25(33)11-14-35(26,34)8/h17-18,20-21,23,25-27H,9-16,19H2,1-8H3,(H,38,39,42)/t23-,25?,26?,27+,33+,34-,35-,36-/m1/s1. The smallest absolute Gasteiger partial charge is 0.302 e. The first-order chi connectivity index (χ1) is 20.1. The normalized spacial score (nSPS) is 41.6. The average molecular weight is 590 g/mol. The molecule has 7 nitrogen and oxygen atoms in total. The van der Waals surface area contributed by atoms with Crippen LogP contribution in [-0.2, 0) is 19.1 Å². The van der Waals surface area contributed by atoms with Gasteiger partial charge in [0, 0.05) is 31.2 Å². The summed E-state index contributed by atoms with van der Waals surface area (Å²) in [6, 6.07) is 0.